The molecule has 1 saturated carbocycles. The molecule has 1 aliphatic carbocycles. The minimum atomic E-state index is 0. The molecule has 2 aromatic rings. The average Bonchev–Trinajstić information content (AvgIpc) is 3.37. The zero-order valence-corrected chi connectivity index (χ0v) is 17.2. The number of rotatable bonds is 3. The van der Waals surface area contributed by atoms with E-state index in [1.54, 1.807) is 0 Å². The highest BCUT2D eigenvalue weighted by molar-refractivity contribution is 8.93. The van der Waals surface area contributed by atoms with Gasteiger partial charge in [0, 0.05) is 37.6 Å². The third kappa shape index (κ3) is 3.84. The summed E-state index contributed by atoms with van der Waals surface area (Å²) in [7, 11) is 2.28. The Balaban J connectivity index is 0.00000182. The smallest absolute Gasteiger partial charge is 0.0475 e. The number of halogens is 1. The maximum atomic E-state index is 2.74. The highest BCUT2D eigenvalue weighted by Gasteiger charge is 2.44. The Morgan fingerprint density at radius 1 is 0.960 bits per heavy atom. The van der Waals surface area contributed by atoms with Crippen LogP contribution in [0.1, 0.15) is 40.6 Å². The molecular weight excluding hydrogens is 372 g/mol. The summed E-state index contributed by atoms with van der Waals surface area (Å²) in [5, 5.41) is 0. The van der Waals surface area contributed by atoms with Gasteiger partial charge < -0.3 is 0 Å². The highest BCUT2D eigenvalue weighted by Crippen LogP contribution is 2.46. The van der Waals surface area contributed by atoms with Gasteiger partial charge in [0.15, 0.2) is 0 Å². The molecular formula is C22H29BrN2. The lowest BCUT2D eigenvalue weighted by Crippen LogP contribution is -2.47. The van der Waals surface area contributed by atoms with E-state index in [0.29, 0.717) is 6.04 Å². The zero-order chi connectivity index (χ0) is 16.7. The fourth-order valence-corrected chi connectivity index (χ4v) is 4.37. The van der Waals surface area contributed by atoms with Crippen molar-refractivity contribution in [3.63, 3.8) is 0 Å². The van der Waals surface area contributed by atoms with Crippen LogP contribution in [0.3, 0.4) is 0 Å². The lowest BCUT2D eigenvalue weighted by atomic mass is 9.96. The molecule has 2 nitrogen and oxygen atoms in total. The number of hydrogen-bond donors (Lipinski definition) is 0. The molecule has 0 aromatic heterocycles. The van der Waals surface area contributed by atoms with Crippen molar-refractivity contribution in [1.82, 2.24) is 9.80 Å². The molecule has 1 heterocycles. The van der Waals surface area contributed by atoms with Crippen molar-refractivity contribution in [3.8, 4) is 0 Å². The molecule has 0 N–H and O–H groups in total. The SMILES string of the molecule is Br.Cc1ccc([C@@H]2CN([C@@H]3C[C@H]3c3ccccc3)CCN2C)c(C)c1. The maximum Gasteiger partial charge on any atom is 0.0475 e. The number of nitrogens with zero attached hydrogens (tertiary/aromatic N) is 2. The van der Waals surface area contributed by atoms with E-state index in [0.717, 1.165) is 25.0 Å². The van der Waals surface area contributed by atoms with Crippen LogP contribution in [0.2, 0.25) is 0 Å². The van der Waals surface area contributed by atoms with E-state index in [9.17, 15) is 0 Å². The summed E-state index contributed by atoms with van der Waals surface area (Å²) in [6.45, 7) is 7.97. The number of likely N-dealkylation sites (N-methyl/N-ethyl adjacent to an activating group) is 1. The summed E-state index contributed by atoms with van der Waals surface area (Å²) in [6, 6.07) is 19.3. The van der Waals surface area contributed by atoms with Gasteiger partial charge in [0.2, 0.25) is 0 Å². The van der Waals surface area contributed by atoms with Gasteiger partial charge in [0.25, 0.3) is 0 Å². The second kappa shape index (κ2) is 7.61. The molecule has 25 heavy (non-hydrogen) atoms. The number of hydrogen-bond acceptors (Lipinski definition) is 2. The van der Waals surface area contributed by atoms with Crippen LogP contribution in [0.25, 0.3) is 0 Å². The van der Waals surface area contributed by atoms with E-state index < -0.39 is 0 Å². The van der Waals surface area contributed by atoms with Crippen molar-refractivity contribution in [3.05, 3.63) is 70.8 Å². The van der Waals surface area contributed by atoms with Crippen LogP contribution < -0.4 is 0 Å². The van der Waals surface area contributed by atoms with Crippen molar-refractivity contribution in [1.29, 1.82) is 0 Å². The van der Waals surface area contributed by atoms with Gasteiger partial charge in [0.05, 0.1) is 0 Å². The Hall–Kier alpha value is -1.16. The molecule has 2 aromatic carbocycles. The van der Waals surface area contributed by atoms with Crippen LogP contribution in [-0.4, -0.2) is 42.5 Å². The van der Waals surface area contributed by atoms with Gasteiger partial charge in [-0.25, -0.2) is 0 Å². The van der Waals surface area contributed by atoms with E-state index >= 15 is 0 Å². The van der Waals surface area contributed by atoms with Gasteiger partial charge in [-0.05, 0) is 44.0 Å². The van der Waals surface area contributed by atoms with Crippen LogP contribution in [-0.2, 0) is 0 Å². The lowest BCUT2D eigenvalue weighted by Gasteiger charge is -2.40. The summed E-state index contributed by atoms with van der Waals surface area (Å²) in [6.07, 6.45) is 1.33. The van der Waals surface area contributed by atoms with E-state index in [1.165, 1.54) is 35.2 Å². The quantitative estimate of drug-likeness (QED) is 0.734. The van der Waals surface area contributed by atoms with Crippen LogP contribution in [0, 0.1) is 13.8 Å². The van der Waals surface area contributed by atoms with Crippen molar-refractivity contribution < 1.29 is 0 Å². The molecule has 1 saturated heterocycles. The predicted octanol–water partition coefficient (Wildman–Crippen LogP) is 4.73. The van der Waals surface area contributed by atoms with Crippen molar-refractivity contribution in [2.24, 2.45) is 0 Å². The van der Waals surface area contributed by atoms with Crippen LogP contribution >= 0.6 is 17.0 Å². The summed E-state index contributed by atoms with van der Waals surface area (Å²) in [5.74, 6) is 0.745. The fraction of sp³-hybridized carbons (Fsp3) is 0.455. The Labute approximate surface area is 162 Å². The first-order chi connectivity index (χ1) is 11.6. The summed E-state index contributed by atoms with van der Waals surface area (Å²) < 4.78 is 0. The molecule has 2 fully saturated rings. The number of aryl methyl sites for hydroxylation is 2. The number of piperazine rings is 1. The average molecular weight is 401 g/mol. The molecule has 134 valence electrons. The van der Waals surface area contributed by atoms with Gasteiger partial charge in [-0.1, -0.05) is 54.1 Å². The molecule has 0 spiro atoms. The van der Waals surface area contributed by atoms with Crippen LogP contribution in [0.4, 0.5) is 0 Å². The monoisotopic (exact) mass is 400 g/mol. The van der Waals surface area contributed by atoms with E-state index in [4.69, 9.17) is 0 Å². The van der Waals surface area contributed by atoms with Crippen molar-refractivity contribution >= 4 is 17.0 Å². The summed E-state index contributed by atoms with van der Waals surface area (Å²) in [5.41, 5.74) is 5.82. The minimum Gasteiger partial charge on any atom is -0.297 e. The second-order valence-electron chi connectivity index (χ2n) is 7.67. The zero-order valence-electron chi connectivity index (χ0n) is 15.5. The third-order valence-corrected chi connectivity index (χ3v) is 5.92. The van der Waals surface area contributed by atoms with Crippen molar-refractivity contribution in [2.75, 3.05) is 26.7 Å². The Morgan fingerprint density at radius 3 is 2.44 bits per heavy atom. The second-order valence-corrected chi connectivity index (χ2v) is 7.67. The van der Waals surface area contributed by atoms with Gasteiger partial charge in [0.1, 0.15) is 0 Å². The van der Waals surface area contributed by atoms with Gasteiger partial charge in [-0.3, -0.25) is 9.80 Å². The molecule has 3 atom stereocenters. The fourth-order valence-electron chi connectivity index (χ4n) is 4.37. The Kier molecular flexibility index (Phi) is 5.67. The molecule has 2 aliphatic rings. The largest absolute Gasteiger partial charge is 0.297 e. The highest BCUT2D eigenvalue weighted by atomic mass is 79.9. The van der Waals surface area contributed by atoms with Gasteiger partial charge >= 0.3 is 0 Å². The first kappa shape index (κ1) is 18.6. The standard InChI is InChI=1S/C22H28N2.BrH/c1-16-9-10-19(17(2)13-16)22-15-24(12-11-23(22)3)21-14-20(21)18-7-5-4-6-8-18;/h4-10,13,20-22H,11-12,14-15H2,1-3H3;1H/t20-,21+,22-;/m0./s1. The Bertz CT molecular complexity index is 715. The minimum absolute atomic E-state index is 0. The predicted molar refractivity (Wildman–Crippen MR) is 111 cm³/mol. The molecule has 0 radical (unpaired) electrons. The van der Waals surface area contributed by atoms with Crippen LogP contribution in [0.5, 0.6) is 0 Å². The summed E-state index contributed by atoms with van der Waals surface area (Å²) in [4.78, 5) is 5.27. The normalized spacial score (nSPS) is 26.9. The van der Waals surface area contributed by atoms with E-state index in [-0.39, 0.29) is 17.0 Å². The van der Waals surface area contributed by atoms with E-state index in [2.05, 4.69) is 79.2 Å². The van der Waals surface area contributed by atoms with E-state index in [1.807, 2.05) is 0 Å². The summed E-state index contributed by atoms with van der Waals surface area (Å²) >= 11 is 0. The first-order valence-electron chi connectivity index (χ1n) is 9.20. The molecule has 4 rings (SSSR count). The van der Waals surface area contributed by atoms with Gasteiger partial charge in [-0.15, -0.1) is 17.0 Å². The first-order valence-corrected chi connectivity index (χ1v) is 9.20. The molecule has 0 bridgehead atoms. The molecule has 0 amide bonds. The van der Waals surface area contributed by atoms with Crippen LogP contribution in [0.15, 0.2) is 48.5 Å². The Morgan fingerprint density at radius 2 is 1.72 bits per heavy atom. The van der Waals surface area contributed by atoms with Gasteiger partial charge in [-0.2, -0.15) is 0 Å². The topological polar surface area (TPSA) is 6.48 Å². The lowest BCUT2D eigenvalue weighted by molar-refractivity contribution is 0.0883. The molecule has 0 unspecified atom stereocenters. The molecule has 1 aliphatic heterocycles. The maximum absolute atomic E-state index is 2.74. The van der Waals surface area contributed by atoms with Crippen molar-refractivity contribution in [2.45, 2.75) is 38.3 Å². The molecule has 3 heteroatoms. The third-order valence-electron chi connectivity index (χ3n) is 5.92. The number of benzene rings is 2.